The van der Waals surface area contributed by atoms with E-state index in [1.165, 1.54) is 6.42 Å². The summed E-state index contributed by atoms with van der Waals surface area (Å²) in [5.41, 5.74) is 1.52. The van der Waals surface area contributed by atoms with Gasteiger partial charge in [-0.3, -0.25) is 0 Å². The van der Waals surface area contributed by atoms with Crippen molar-refractivity contribution in [2.75, 3.05) is 0 Å². The Morgan fingerprint density at radius 3 is 2.58 bits per heavy atom. The van der Waals surface area contributed by atoms with Crippen LogP contribution in [0.5, 0.6) is 0 Å². The highest BCUT2D eigenvalue weighted by molar-refractivity contribution is 5.88. The summed E-state index contributed by atoms with van der Waals surface area (Å²) in [6.07, 6.45) is 2.36. The maximum Gasteiger partial charge on any atom is 0.0604 e. The monoisotopic (exact) mass is 167 g/mol. The third-order valence-corrected chi connectivity index (χ3v) is 4.26. The fourth-order valence-corrected chi connectivity index (χ4v) is 3.05. The van der Waals surface area contributed by atoms with E-state index in [-0.39, 0.29) is 0 Å². The molecule has 12 heavy (non-hydrogen) atoms. The van der Waals surface area contributed by atoms with Crippen molar-refractivity contribution in [2.24, 2.45) is 28.3 Å². The highest BCUT2D eigenvalue weighted by Crippen LogP contribution is 2.60. The molecular formula is C10H17NO. The standard InChI is InChI=1S/C10H17NO/c1-6-8-4-7(10(8,2)3)5-9(6)11-12/h6-8,12H,4-5H2,1-3H3/b11-9+/t6-,7?,8-/m0/s1. The maximum atomic E-state index is 8.76. The predicted octanol–water partition coefficient (Wildman–Crippen LogP) is 2.52. The fourth-order valence-electron chi connectivity index (χ4n) is 3.05. The van der Waals surface area contributed by atoms with Gasteiger partial charge >= 0.3 is 0 Å². The average molecular weight is 167 g/mol. The van der Waals surface area contributed by atoms with Crippen molar-refractivity contribution in [3.63, 3.8) is 0 Å². The zero-order valence-corrected chi connectivity index (χ0v) is 8.04. The highest BCUT2D eigenvalue weighted by atomic mass is 16.4. The topological polar surface area (TPSA) is 32.6 Å². The second kappa shape index (κ2) is 2.24. The van der Waals surface area contributed by atoms with Crippen LogP contribution in [0.2, 0.25) is 0 Å². The van der Waals surface area contributed by atoms with E-state index in [1.807, 2.05) is 0 Å². The first-order valence-corrected chi connectivity index (χ1v) is 4.78. The van der Waals surface area contributed by atoms with Gasteiger partial charge in [-0.15, -0.1) is 0 Å². The van der Waals surface area contributed by atoms with Crippen LogP contribution in [0.4, 0.5) is 0 Å². The summed E-state index contributed by atoms with van der Waals surface area (Å²) >= 11 is 0. The quantitative estimate of drug-likeness (QED) is 0.436. The van der Waals surface area contributed by atoms with Crippen LogP contribution < -0.4 is 0 Å². The molecule has 68 valence electrons. The van der Waals surface area contributed by atoms with Crippen LogP contribution in [0.25, 0.3) is 0 Å². The lowest BCUT2D eigenvalue weighted by Gasteiger charge is -2.59. The Morgan fingerprint density at radius 1 is 1.50 bits per heavy atom. The van der Waals surface area contributed by atoms with Gasteiger partial charge in [0.25, 0.3) is 0 Å². The molecule has 3 aliphatic carbocycles. The smallest absolute Gasteiger partial charge is 0.0604 e. The van der Waals surface area contributed by atoms with E-state index in [9.17, 15) is 0 Å². The van der Waals surface area contributed by atoms with Gasteiger partial charge < -0.3 is 5.21 Å². The van der Waals surface area contributed by atoms with Crippen molar-refractivity contribution in [1.82, 2.24) is 0 Å². The second-order valence-electron chi connectivity index (χ2n) is 4.94. The van der Waals surface area contributed by atoms with Crippen molar-refractivity contribution in [3.8, 4) is 0 Å². The van der Waals surface area contributed by atoms with Crippen LogP contribution in [-0.4, -0.2) is 10.9 Å². The number of hydrogen-bond acceptors (Lipinski definition) is 2. The molecule has 0 saturated heterocycles. The first kappa shape index (κ1) is 8.09. The molecule has 0 heterocycles. The first-order valence-electron chi connectivity index (χ1n) is 4.78. The summed E-state index contributed by atoms with van der Waals surface area (Å²) < 4.78 is 0. The Bertz CT molecular complexity index is 232. The van der Waals surface area contributed by atoms with Crippen LogP contribution >= 0.6 is 0 Å². The molecule has 0 aromatic heterocycles. The third-order valence-electron chi connectivity index (χ3n) is 4.26. The molecule has 2 bridgehead atoms. The van der Waals surface area contributed by atoms with Crippen molar-refractivity contribution in [2.45, 2.75) is 33.6 Å². The molecule has 0 aliphatic heterocycles. The largest absolute Gasteiger partial charge is 0.411 e. The molecule has 3 fully saturated rings. The van der Waals surface area contributed by atoms with Gasteiger partial charge in [-0.25, -0.2) is 0 Å². The minimum atomic E-state index is 0.494. The molecule has 3 saturated carbocycles. The van der Waals surface area contributed by atoms with Gasteiger partial charge in [0.2, 0.25) is 0 Å². The zero-order chi connectivity index (χ0) is 8.93. The van der Waals surface area contributed by atoms with E-state index in [4.69, 9.17) is 5.21 Å². The molecule has 0 radical (unpaired) electrons. The summed E-state index contributed by atoms with van der Waals surface area (Å²) in [6, 6.07) is 0. The third kappa shape index (κ3) is 0.782. The molecule has 1 N–H and O–H groups in total. The van der Waals surface area contributed by atoms with Crippen LogP contribution in [0.1, 0.15) is 33.6 Å². The van der Waals surface area contributed by atoms with Gasteiger partial charge in [-0.2, -0.15) is 0 Å². The van der Waals surface area contributed by atoms with Crippen molar-refractivity contribution < 1.29 is 5.21 Å². The Labute approximate surface area is 73.7 Å². The Balaban J connectivity index is 2.22. The van der Waals surface area contributed by atoms with E-state index in [0.717, 1.165) is 24.0 Å². The zero-order valence-electron chi connectivity index (χ0n) is 8.04. The molecule has 2 nitrogen and oxygen atoms in total. The molecule has 3 aliphatic rings. The minimum Gasteiger partial charge on any atom is -0.411 e. The summed E-state index contributed by atoms with van der Waals surface area (Å²) in [5.74, 6) is 2.02. The molecule has 3 rings (SSSR count). The lowest BCUT2D eigenvalue weighted by molar-refractivity contribution is -0.0534. The highest BCUT2D eigenvalue weighted by Gasteiger charge is 2.55. The predicted molar refractivity (Wildman–Crippen MR) is 48.4 cm³/mol. The molecular weight excluding hydrogens is 150 g/mol. The van der Waals surface area contributed by atoms with Crippen molar-refractivity contribution >= 4 is 5.71 Å². The van der Waals surface area contributed by atoms with E-state index < -0.39 is 0 Å². The van der Waals surface area contributed by atoms with Crippen LogP contribution in [0.3, 0.4) is 0 Å². The number of oxime groups is 1. The van der Waals surface area contributed by atoms with Gasteiger partial charge in [0.15, 0.2) is 0 Å². The first-order chi connectivity index (χ1) is 5.57. The fraction of sp³-hybridized carbons (Fsp3) is 0.900. The SMILES string of the molecule is C[C@@H]1/C(=N/O)CC2C[C@@H]1C2(C)C. The van der Waals surface area contributed by atoms with Crippen molar-refractivity contribution in [1.29, 1.82) is 0 Å². The molecule has 0 amide bonds. The molecule has 2 heteroatoms. The number of nitrogens with zero attached hydrogens (tertiary/aromatic N) is 1. The van der Waals surface area contributed by atoms with Crippen LogP contribution in [0.15, 0.2) is 5.16 Å². The number of rotatable bonds is 0. The lowest BCUT2D eigenvalue weighted by Crippen LogP contribution is -2.55. The van der Waals surface area contributed by atoms with Crippen LogP contribution in [0, 0.1) is 23.2 Å². The minimum absolute atomic E-state index is 0.494. The Kier molecular flexibility index (Phi) is 1.51. The normalized spacial score (nSPS) is 47.2. The van der Waals surface area contributed by atoms with Gasteiger partial charge in [0.05, 0.1) is 5.71 Å². The van der Waals surface area contributed by atoms with Gasteiger partial charge in [0.1, 0.15) is 0 Å². The maximum absolute atomic E-state index is 8.76. The van der Waals surface area contributed by atoms with E-state index in [1.54, 1.807) is 0 Å². The molecule has 0 aromatic rings. The molecule has 1 unspecified atom stereocenters. The average Bonchev–Trinajstić information content (AvgIpc) is 2.03. The van der Waals surface area contributed by atoms with Crippen LogP contribution in [-0.2, 0) is 0 Å². The number of fused-ring (bicyclic) bond motifs is 2. The summed E-state index contributed by atoms with van der Waals surface area (Å²) in [5, 5.41) is 12.1. The summed E-state index contributed by atoms with van der Waals surface area (Å²) in [4.78, 5) is 0. The summed E-state index contributed by atoms with van der Waals surface area (Å²) in [7, 11) is 0. The lowest BCUT2D eigenvalue weighted by atomic mass is 9.45. The van der Waals surface area contributed by atoms with E-state index >= 15 is 0 Å². The van der Waals surface area contributed by atoms with Gasteiger partial charge in [-0.05, 0) is 30.1 Å². The Hall–Kier alpha value is -0.530. The second-order valence-corrected chi connectivity index (χ2v) is 4.94. The van der Waals surface area contributed by atoms with Gasteiger partial charge in [0, 0.05) is 5.92 Å². The Morgan fingerprint density at radius 2 is 2.17 bits per heavy atom. The molecule has 3 atom stereocenters. The van der Waals surface area contributed by atoms with E-state index in [0.29, 0.717) is 11.3 Å². The number of hydrogen-bond donors (Lipinski definition) is 1. The summed E-state index contributed by atoms with van der Waals surface area (Å²) in [6.45, 7) is 6.88. The van der Waals surface area contributed by atoms with Gasteiger partial charge in [-0.1, -0.05) is 25.9 Å². The molecule has 0 aromatic carbocycles. The molecule has 0 spiro atoms. The van der Waals surface area contributed by atoms with E-state index in [2.05, 4.69) is 25.9 Å². The van der Waals surface area contributed by atoms with Crippen molar-refractivity contribution in [3.05, 3.63) is 0 Å².